The van der Waals surface area contributed by atoms with Crippen LogP contribution in [0.3, 0.4) is 0 Å². The number of urea groups is 1. The first-order valence-corrected chi connectivity index (χ1v) is 8.02. The normalized spacial score (nSPS) is 15.3. The van der Waals surface area contributed by atoms with Gasteiger partial charge in [0.1, 0.15) is 0 Å². The lowest BCUT2D eigenvalue weighted by molar-refractivity contribution is 0.0806. The first-order valence-electron chi connectivity index (χ1n) is 8.02. The molecule has 2 amide bonds. The molecule has 2 aromatic rings. The Morgan fingerprint density at radius 3 is 2.21 bits per heavy atom. The predicted molar refractivity (Wildman–Crippen MR) is 93.1 cm³/mol. The number of amides is 2. The Morgan fingerprint density at radius 1 is 0.917 bits per heavy atom. The second-order valence-corrected chi connectivity index (χ2v) is 5.57. The molecule has 0 unspecified atom stereocenters. The lowest BCUT2D eigenvalue weighted by atomic mass is 10.1. The summed E-state index contributed by atoms with van der Waals surface area (Å²) in [4.78, 5) is 12.0. The van der Waals surface area contributed by atoms with Gasteiger partial charge in [0.2, 0.25) is 0 Å². The summed E-state index contributed by atoms with van der Waals surface area (Å²) in [5, 5.41) is 14.1. The molecule has 1 heterocycles. The fourth-order valence-electron chi connectivity index (χ4n) is 2.42. The summed E-state index contributed by atoms with van der Waals surface area (Å²) < 4.78 is 5.28. The van der Waals surface area contributed by atoms with E-state index in [0.717, 1.165) is 29.9 Å². The molecule has 0 spiro atoms. The van der Waals surface area contributed by atoms with E-state index < -0.39 is 0 Å². The number of azo groups is 1. The number of anilines is 1. The number of ether oxygens (including phenoxy) is 1. The summed E-state index contributed by atoms with van der Waals surface area (Å²) in [5.41, 5.74) is 2.25. The van der Waals surface area contributed by atoms with E-state index in [-0.39, 0.29) is 12.1 Å². The van der Waals surface area contributed by atoms with Crippen LogP contribution < -0.4 is 10.6 Å². The van der Waals surface area contributed by atoms with Gasteiger partial charge in [-0.1, -0.05) is 18.2 Å². The highest BCUT2D eigenvalue weighted by atomic mass is 16.5. The molecule has 0 saturated carbocycles. The van der Waals surface area contributed by atoms with Crippen LogP contribution in [0.5, 0.6) is 0 Å². The van der Waals surface area contributed by atoms with Crippen molar-refractivity contribution < 1.29 is 9.53 Å². The Kier molecular flexibility index (Phi) is 5.52. The third-order valence-electron chi connectivity index (χ3n) is 3.72. The highest BCUT2D eigenvalue weighted by Gasteiger charge is 2.15. The fourth-order valence-corrected chi connectivity index (χ4v) is 2.42. The summed E-state index contributed by atoms with van der Waals surface area (Å²) in [7, 11) is 0. The van der Waals surface area contributed by atoms with E-state index in [0.29, 0.717) is 13.2 Å². The zero-order valence-corrected chi connectivity index (χ0v) is 13.3. The first kappa shape index (κ1) is 16.1. The molecular weight excluding hydrogens is 304 g/mol. The summed E-state index contributed by atoms with van der Waals surface area (Å²) in [6, 6.07) is 16.8. The van der Waals surface area contributed by atoms with Crippen molar-refractivity contribution in [3.05, 3.63) is 54.6 Å². The van der Waals surface area contributed by atoms with E-state index in [1.165, 1.54) is 0 Å². The van der Waals surface area contributed by atoms with Crippen molar-refractivity contribution in [3.63, 3.8) is 0 Å². The first-order chi connectivity index (χ1) is 11.8. The number of benzene rings is 2. The standard InChI is InChI=1S/C18H20N4O2/c23-18(20-15-10-12-24-13-11-15)19-14-6-8-17(9-7-14)22-21-16-4-2-1-3-5-16/h1-9,15H,10-13H2,(H2,19,20,23). The van der Waals surface area contributed by atoms with Gasteiger partial charge in [0.25, 0.3) is 0 Å². The highest BCUT2D eigenvalue weighted by molar-refractivity contribution is 5.89. The zero-order chi connectivity index (χ0) is 16.6. The zero-order valence-electron chi connectivity index (χ0n) is 13.3. The number of nitrogens with one attached hydrogen (secondary N) is 2. The van der Waals surface area contributed by atoms with Crippen molar-refractivity contribution in [2.24, 2.45) is 10.2 Å². The molecule has 0 bridgehead atoms. The molecule has 124 valence electrons. The molecule has 1 saturated heterocycles. The maximum absolute atomic E-state index is 12.0. The molecule has 6 nitrogen and oxygen atoms in total. The van der Waals surface area contributed by atoms with E-state index >= 15 is 0 Å². The number of hydrogen-bond donors (Lipinski definition) is 2. The van der Waals surface area contributed by atoms with Crippen LogP contribution >= 0.6 is 0 Å². The Balaban J connectivity index is 1.52. The van der Waals surface area contributed by atoms with E-state index in [4.69, 9.17) is 4.74 Å². The van der Waals surface area contributed by atoms with Crippen LogP contribution in [0.1, 0.15) is 12.8 Å². The van der Waals surface area contributed by atoms with Gasteiger partial charge in [-0.15, -0.1) is 0 Å². The van der Waals surface area contributed by atoms with Gasteiger partial charge >= 0.3 is 6.03 Å². The van der Waals surface area contributed by atoms with Gasteiger partial charge in [-0.3, -0.25) is 0 Å². The Morgan fingerprint density at radius 2 is 1.54 bits per heavy atom. The van der Waals surface area contributed by atoms with E-state index in [1.807, 2.05) is 54.6 Å². The molecule has 1 aliphatic rings. The SMILES string of the molecule is O=C(Nc1ccc(N=Nc2ccccc2)cc1)NC1CCOCC1. The fraction of sp³-hybridized carbons (Fsp3) is 0.278. The van der Waals surface area contributed by atoms with Gasteiger partial charge < -0.3 is 15.4 Å². The number of rotatable bonds is 4. The monoisotopic (exact) mass is 324 g/mol. The summed E-state index contributed by atoms with van der Waals surface area (Å²) in [6.45, 7) is 1.40. The van der Waals surface area contributed by atoms with Crippen molar-refractivity contribution in [3.8, 4) is 0 Å². The Bertz CT molecular complexity index is 680. The predicted octanol–water partition coefficient (Wildman–Crippen LogP) is 4.40. The van der Waals surface area contributed by atoms with Crippen LogP contribution in [0.25, 0.3) is 0 Å². The molecule has 1 aliphatic heterocycles. The van der Waals surface area contributed by atoms with Crippen molar-refractivity contribution in [2.45, 2.75) is 18.9 Å². The lowest BCUT2D eigenvalue weighted by Gasteiger charge is -2.23. The number of carbonyl (C=O) groups excluding carboxylic acids is 1. The van der Waals surface area contributed by atoms with Gasteiger partial charge in [-0.2, -0.15) is 10.2 Å². The molecule has 3 rings (SSSR count). The van der Waals surface area contributed by atoms with Gasteiger partial charge in [0, 0.05) is 24.9 Å². The van der Waals surface area contributed by atoms with Crippen LogP contribution in [0.2, 0.25) is 0 Å². The minimum Gasteiger partial charge on any atom is -0.381 e. The second kappa shape index (κ2) is 8.21. The number of carbonyl (C=O) groups is 1. The number of nitrogens with zero attached hydrogens (tertiary/aromatic N) is 2. The van der Waals surface area contributed by atoms with Crippen molar-refractivity contribution >= 4 is 23.1 Å². The number of hydrogen-bond acceptors (Lipinski definition) is 4. The molecule has 2 N–H and O–H groups in total. The van der Waals surface area contributed by atoms with E-state index in [1.54, 1.807) is 0 Å². The molecule has 0 atom stereocenters. The molecule has 0 aliphatic carbocycles. The molecule has 24 heavy (non-hydrogen) atoms. The minimum absolute atomic E-state index is 0.178. The van der Waals surface area contributed by atoms with E-state index in [9.17, 15) is 4.79 Å². The topological polar surface area (TPSA) is 75.1 Å². The van der Waals surface area contributed by atoms with Crippen LogP contribution in [0.4, 0.5) is 21.9 Å². The smallest absolute Gasteiger partial charge is 0.319 e. The third kappa shape index (κ3) is 4.89. The largest absolute Gasteiger partial charge is 0.381 e. The quantitative estimate of drug-likeness (QED) is 0.818. The highest BCUT2D eigenvalue weighted by Crippen LogP contribution is 2.20. The van der Waals surface area contributed by atoms with Crippen molar-refractivity contribution in [2.75, 3.05) is 18.5 Å². The van der Waals surface area contributed by atoms with Crippen molar-refractivity contribution in [1.29, 1.82) is 0 Å². The summed E-state index contributed by atoms with van der Waals surface area (Å²) >= 11 is 0. The molecular formula is C18H20N4O2. The molecule has 6 heteroatoms. The van der Waals surface area contributed by atoms with Gasteiger partial charge in [-0.05, 0) is 49.2 Å². The van der Waals surface area contributed by atoms with Gasteiger partial charge in [0.05, 0.1) is 11.4 Å². The summed E-state index contributed by atoms with van der Waals surface area (Å²) in [5.74, 6) is 0. The van der Waals surface area contributed by atoms with Crippen LogP contribution in [0.15, 0.2) is 64.8 Å². The summed E-state index contributed by atoms with van der Waals surface area (Å²) in [6.07, 6.45) is 1.71. The Hall–Kier alpha value is -2.73. The molecule has 1 fully saturated rings. The molecule has 2 aromatic carbocycles. The molecule has 0 aromatic heterocycles. The van der Waals surface area contributed by atoms with Crippen LogP contribution in [-0.4, -0.2) is 25.3 Å². The van der Waals surface area contributed by atoms with Gasteiger partial charge in [0.15, 0.2) is 0 Å². The maximum atomic E-state index is 12.0. The third-order valence-corrected chi connectivity index (χ3v) is 3.72. The maximum Gasteiger partial charge on any atom is 0.319 e. The Labute approximate surface area is 140 Å². The molecule has 0 radical (unpaired) electrons. The second-order valence-electron chi connectivity index (χ2n) is 5.57. The lowest BCUT2D eigenvalue weighted by Crippen LogP contribution is -2.41. The van der Waals surface area contributed by atoms with Crippen LogP contribution in [-0.2, 0) is 4.74 Å². The average molecular weight is 324 g/mol. The van der Waals surface area contributed by atoms with E-state index in [2.05, 4.69) is 20.9 Å². The van der Waals surface area contributed by atoms with Crippen LogP contribution in [0, 0.1) is 0 Å². The minimum atomic E-state index is -0.194. The average Bonchev–Trinajstić information content (AvgIpc) is 2.63. The van der Waals surface area contributed by atoms with Gasteiger partial charge in [-0.25, -0.2) is 4.79 Å². The van der Waals surface area contributed by atoms with Crippen molar-refractivity contribution in [1.82, 2.24) is 5.32 Å².